The number of piperidine rings is 1. The SMILES string of the molecule is CC1CN(C(C)c2ccc(Cl)cc2Cl)CCC1N. The molecule has 0 radical (unpaired) electrons. The molecule has 0 bridgehead atoms. The van der Waals surface area contributed by atoms with Crippen LogP contribution in [0.1, 0.15) is 31.9 Å². The molecule has 0 amide bonds. The molecule has 0 aliphatic carbocycles. The highest BCUT2D eigenvalue weighted by molar-refractivity contribution is 6.35. The van der Waals surface area contributed by atoms with Gasteiger partial charge in [0.2, 0.25) is 0 Å². The zero-order valence-electron chi connectivity index (χ0n) is 10.9. The van der Waals surface area contributed by atoms with Crippen LogP contribution in [-0.4, -0.2) is 24.0 Å². The number of nitrogens with zero attached hydrogens (tertiary/aromatic N) is 1. The molecule has 4 heteroatoms. The average molecular weight is 287 g/mol. The summed E-state index contributed by atoms with van der Waals surface area (Å²) >= 11 is 12.2. The van der Waals surface area contributed by atoms with E-state index in [2.05, 4.69) is 18.7 Å². The van der Waals surface area contributed by atoms with E-state index in [9.17, 15) is 0 Å². The smallest absolute Gasteiger partial charge is 0.0468 e. The van der Waals surface area contributed by atoms with E-state index in [0.717, 1.165) is 30.1 Å². The van der Waals surface area contributed by atoms with Crippen molar-refractivity contribution >= 4 is 23.2 Å². The van der Waals surface area contributed by atoms with Gasteiger partial charge in [-0.05, 0) is 37.0 Å². The van der Waals surface area contributed by atoms with E-state index >= 15 is 0 Å². The second-order valence-corrected chi connectivity index (χ2v) is 6.11. The van der Waals surface area contributed by atoms with Gasteiger partial charge in [-0.25, -0.2) is 0 Å². The summed E-state index contributed by atoms with van der Waals surface area (Å²) in [6.45, 7) is 6.47. The fourth-order valence-electron chi connectivity index (χ4n) is 2.58. The molecule has 0 spiro atoms. The summed E-state index contributed by atoms with van der Waals surface area (Å²) in [6, 6.07) is 6.37. The number of likely N-dealkylation sites (tertiary alicyclic amines) is 1. The van der Waals surface area contributed by atoms with Crippen molar-refractivity contribution in [3.05, 3.63) is 33.8 Å². The van der Waals surface area contributed by atoms with Crippen LogP contribution in [0.3, 0.4) is 0 Å². The molecule has 1 aromatic rings. The van der Waals surface area contributed by atoms with Gasteiger partial charge in [0.05, 0.1) is 0 Å². The molecule has 2 nitrogen and oxygen atoms in total. The number of rotatable bonds is 2. The summed E-state index contributed by atoms with van der Waals surface area (Å²) in [6.07, 6.45) is 1.05. The number of hydrogen-bond acceptors (Lipinski definition) is 2. The molecule has 2 rings (SSSR count). The zero-order chi connectivity index (χ0) is 13.3. The number of nitrogens with two attached hydrogens (primary N) is 1. The highest BCUT2D eigenvalue weighted by atomic mass is 35.5. The van der Waals surface area contributed by atoms with E-state index in [1.165, 1.54) is 0 Å². The quantitative estimate of drug-likeness (QED) is 0.898. The molecule has 1 heterocycles. The second-order valence-electron chi connectivity index (χ2n) is 5.27. The van der Waals surface area contributed by atoms with E-state index < -0.39 is 0 Å². The lowest BCUT2D eigenvalue weighted by Gasteiger charge is -2.39. The molecule has 1 aliphatic rings. The highest BCUT2D eigenvalue weighted by Gasteiger charge is 2.27. The first kappa shape index (κ1) is 14.1. The molecular formula is C14H20Cl2N2. The largest absolute Gasteiger partial charge is 0.327 e. The standard InChI is InChI=1S/C14H20Cl2N2/c1-9-8-18(6-5-14(9)17)10(2)12-4-3-11(15)7-13(12)16/h3-4,7,9-10,14H,5-6,8,17H2,1-2H3. The first-order valence-corrected chi connectivity index (χ1v) is 7.19. The molecule has 0 saturated carbocycles. The fraction of sp³-hybridized carbons (Fsp3) is 0.571. The zero-order valence-corrected chi connectivity index (χ0v) is 12.4. The van der Waals surface area contributed by atoms with E-state index in [1.807, 2.05) is 18.2 Å². The van der Waals surface area contributed by atoms with E-state index in [1.54, 1.807) is 0 Å². The van der Waals surface area contributed by atoms with Crippen LogP contribution in [-0.2, 0) is 0 Å². The van der Waals surface area contributed by atoms with Gasteiger partial charge in [0.15, 0.2) is 0 Å². The third-order valence-electron chi connectivity index (χ3n) is 3.96. The van der Waals surface area contributed by atoms with Gasteiger partial charge in [0.1, 0.15) is 0 Å². The average Bonchev–Trinajstić information content (AvgIpc) is 2.32. The normalized spacial score (nSPS) is 27.2. The van der Waals surface area contributed by atoms with Gasteiger partial charge in [-0.15, -0.1) is 0 Å². The molecular weight excluding hydrogens is 267 g/mol. The van der Waals surface area contributed by atoms with Crippen molar-refractivity contribution in [2.75, 3.05) is 13.1 Å². The van der Waals surface area contributed by atoms with Gasteiger partial charge < -0.3 is 5.73 Å². The van der Waals surface area contributed by atoms with Crippen LogP contribution in [0.5, 0.6) is 0 Å². The van der Waals surface area contributed by atoms with Crippen molar-refractivity contribution < 1.29 is 0 Å². The van der Waals surface area contributed by atoms with Crippen molar-refractivity contribution in [2.24, 2.45) is 11.7 Å². The highest BCUT2D eigenvalue weighted by Crippen LogP contribution is 2.31. The Labute approximate surface area is 119 Å². The summed E-state index contributed by atoms with van der Waals surface area (Å²) in [4.78, 5) is 2.45. The van der Waals surface area contributed by atoms with E-state index in [0.29, 0.717) is 23.0 Å². The second kappa shape index (κ2) is 5.79. The lowest BCUT2D eigenvalue weighted by Crippen LogP contribution is -2.46. The van der Waals surface area contributed by atoms with Gasteiger partial charge >= 0.3 is 0 Å². The van der Waals surface area contributed by atoms with Crippen molar-refractivity contribution in [3.8, 4) is 0 Å². The summed E-state index contributed by atoms with van der Waals surface area (Å²) in [5.41, 5.74) is 7.20. The van der Waals surface area contributed by atoms with Crippen molar-refractivity contribution in [1.29, 1.82) is 0 Å². The fourth-order valence-corrected chi connectivity index (χ4v) is 3.15. The summed E-state index contributed by atoms with van der Waals surface area (Å²) in [5.74, 6) is 0.535. The Morgan fingerprint density at radius 3 is 2.72 bits per heavy atom. The van der Waals surface area contributed by atoms with Crippen LogP contribution in [0.2, 0.25) is 10.0 Å². The number of halogens is 2. The topological polar surface area (TPSA) is 29.3 Å². The van der Waals surface area contributed by atoms with Crippen molar-refractivity contribution in [1.82, 2.24) is 4.90 Å². The summed E-state index contributed by atoms with van der Waals surface area (Å²) in [5, 5.41) is 1.43. The molecule has 1 saturated heterocycles. The first-order valence-electron chi connectivity index (χ1n) is 6.43. The van der Waals surface area contributed by atoms with Gasteiger partial charge in [-0.2, -0.15) is 0 Å². The Hall–Kier alpha value is -0.280. The van der Waals surface area contributed by atoms with Crippen LogP contribution in [0.15, 0.2) is 18.2 Å². The lowest BCUT2D eigenvalue weighted by molar-refractivity contribution is 0.124. The molecule has 0 aromatic heterocycles. The third-order valence-corrected chi connectivity index (χ3v) is 4.53. The Bertz CT molecular complexity index is 422. The van der Waals surface area contributed by atoms with Gasteiger partial charge in [0.25, 0.3) is 0 Å². The molecule has 1 aliphatic heterocycles. The van der Waals surface area contributed by atoms with Crippen molar-refractivity contribution in [3.63, 3.8) is 0 Å². The van der Waals surface area contributed by atoms with Crippen LogP contribution >= 0.6 is 23.2 Å². The lowest BCUT2D eigenvalue weighted by atomic mass is 9.92. The number of hydrogen-bond donors (Lipinski definition) is 1. The Morgan fingerprint density at radius 2 is 2.11 bits per heavy atom. The molecule has 3 atom stereocenters. The van der Waals surface area contributed by atoms with Crippen LogP contribution in [0.4, 0.5) is 0 Å². The van der Waals surface area contributed by atoms with Gasteiger partial charge in [-0.1, -0.05) is 36.2 Å². The summed E-state index contributed by atoms with van der Waals surface area (Å²) < 4.78 is 0. The maximum Gasteiger partial charge on any atom is 0.0468 e. The summed E-state index contributed by atoms with van der Waals surface area (Å²) in [7, 11) is 0. The van der Waals surface area contributed by atoms with Crippen LogP contribution in [0, 0.1) is 5.92 Å². The van der Waals surface area contributed by atoms with E-state index in [-0.39, 0.29) is 0 Å². The Morgan fingerprint density at radius 1 is 1.39 bits per heavy atom. The molecule has 1 aromatic carbocycles. The third kappa shape index (κ3) is 3.00. The van der Waals surface area contributed by atoms with Gasteiger partial charge in [-0.3, -0.25) is 4.90 Å². The van der Waals surface area contributed by atoms with E-state index in [4.69, 9.17) is 28.9 Å². The predicted molar refractivity (Wildman–Crippen MR) is 78.2 cm³/mol. The van der Waals surface area contributed by atoms with Crippen LogP contribution < -0.4 is 5.73 Å². The Kier molecular flexibility index (Phi) is 4.54. The van der Waals surface area contributed by atoms with Gasteiger partial charge in [0, 0.05) is 35.2 Å². The maximum absolute atomic E-state index is 6.27. The van der Waals surface area contributed by atoms with Crippen LogP contribution in [0.25, 0.3) is 0 Å². The minimum atomic E-state index is 0.310. The minimum absolute atomic E-state index is 0.310. The minimum Gasteiger partial charge on any atom is -0.327 e. The molecule has 3 unspecified atom stereocenters. The Balaban J connectivity index is 2.13. The predicted octanol–water partition coefficient (Wildman–Crippen LogP) is 3.72. The molecule has 100 valence electrons. The molecule has 1 fully saturated rings. The first-order chi connectivity index (χ1) is 8.49. The van der Waals surface area contributed by atoms with Crippen molar-refractivity contribution in [2.45, 2.75) is 32.4 Å². The molecule has 18 heavy (non-hydrogen) atoms. The monoisotopic (exact) mass is 286 g/mol. The number of benzene rings is 1. The maximum atomic E-state index is 6.27. The molecule has 2 N–H and O–H groups in total.